The molecule has 0 aromatic heterocycles. The Morgan fingerprint density at radius 1 is 1.21 bits per heavy atom. The number of hydrogen-bond donors (Lipinski definition) is 1. The van der Waals surface area contributed by atoms with E-state index < -0.39 is 12.0 Å². The van der Waals surface area contributed by atoms with Gasteiger partial charge in [-0.2, -0.15) is 5.26 Å². The molecule has 0 aliphatic carbocycles. The summed E-state index contributed by atoms with van der Waals surface area (Å²) in [5, 5.41) is 12.1. The smallest absolute Gasteiger partial charge is 0.411 e. The zero-order valence-electron chi connectivity index (χ0n) is 16.1. The lowest BCUT2D eigenvalue weighted by Crippen LogP contribution is -2.15. The Morgan fingerprint density at radius 3 is 2.39 bits per heavy atom. The molecular weight excluding hydrogens is 358 g/mol. The van der Waals surface area contributed by atoms with Crippen LogP contribution in [-0.2, 0) is 11.2 Å². The number of aliphatic imine (C=N–C) groups is 1. The van der Waals surface area contributed by atoms with Crippen molar-refractivity contribution in [1.29, 1.82) is 5.26 Å². The molecule has 2 aromatic carbocycles. The molecule has 1 unspecified atom stereocenters. The first-order valence-electron chi connectivity index (χ1n) is 8.78. The van der Waals surface area contributed by atoms with Crippen molar-refractivity contribution in [3.8, 4) is 17.6 Å². The number of rotatable bonds is 8. The van der Waals surface area contributed by atoms with Gasteiger partial charge in [0, 0.05) is 6.21 Å². The molecule has 1 amide bonds. The van der Waals surface area contributed by atoms with Crippen LogP contribution >= 0.6 is 0 Å². The summed E-state index contributed by atoms with van der Waals surface area (Å²) in [5.74, 6) is 0.400. The van der Waals surface area contributed by atoms with Gasteiger partial charge >= 0.3 is 6.09 Å². The van der Waals surface area contributed by atoms with Crippen LogP contribution in [0, 0.1) is 17.2 Å². The lowest BCUT2D eigenvalue weighted by atomic mass is 10.0. The van der Waals surface area contributed by atoms with E-state index in [4.69, 9.17) is 14.2 Å². The van der Waals surface area contributed by atoms with Crippen molar-refractivity contribution < 1.29 is 19.0 Å². The number of anilines is 1. The SMILES string of the molecule is CCOC(=O)Nc1c(OC)cc(CC(C#N)C=Nc2ccccc2)cc1OC. The van der Waals surface area contributed by atoms with E-state index in [0.29, 0.717) is 23.6 Å². The van der Waals surface area contributed by atoms with Crippen LogP contribution in [0.1, 0.15) is 12.5 Å². The Balaban J connectivity index is 2.23. The average Bonchev–Trinajstić information content (AvgIpc) is 2.72. The van der Waals surface area contributed by atoms with E-state index in [0.717, 1.165) is 11.3 Å². The summed E-state index contributed by atoms with van der Waals surface area (Å²) in [6.07, 6.45) is 1.44. The van der Waals surface area contributed by atoms with E-state index in [-0.39, 0.29) is 6.61 Å². The molecule has 7 heteroatoms. The average molecular weight is 381 g/mol. The third kappa shape index (κ3) is 5.74. The van der Waals surface area contributed by atoms with Crippen LogP contribution in [0.25, 0.3) is 0 Å². The molecule has 146 valence electrons. The number of nitrogens with zero attached hydrogens (tertiary/aromatic N) is 2. The summed E-state index contributed by atoms with van der Waals surface area (Å²) >= 11 is 0. The summed E-state index contributed by atoms with van der Waals surface area (Å²) in [6, 6.07) is 15.2. The summed E-state index contributed by atoms with van der Waals surface area (Å²) in [6.45, 7) is 1.97. The molecule has 0 heterocycles. The monoisotopic (exact) mass is 381 g/mol. The number of para-hydroxylation sites is 1. The molecule has 1 N–H and O–H groups in total. The van der Waals surface area contributed by atoms with Gasteiger partial charge in [0.25, 0.3) is 0 Å². The molecule has 28 heavy (non-hydrogen) atoms. The minimum Gasteiger partial charge on any atom is -0.494 e. The first-order chi connectivity index (χ1) is 13.6. The largest absolute Gasteiger partial charge is 0.494 e. The lowest BCUT2D eigenvalue weighted by Gasteiger charge is -2.16. The van der Waals surface area contributed by atoms with Gasteiger partial charge in [-0.25, -0.2) is 4.79 Å². The molecule has 0 aliphatic rings. The van der Waals surface area contributed by atoms with Crippen molar-refractivity contribution in [1.82, 2.24) is 0 Å². The zero-order chi connectivity index (χ0) is 20.4. The summed E-state index contributed by atoms with van der Waals surface area (Å²) in [5.41, 5.74) is 1.97. The fourth-order valence-corrected chi connectivity index (χ4v) is 2.55. The van der Waals surface area contributed by atoms with Crippen LogP contribution in [0.15, 0.2) is 47.5 Å². The maximum Gasteiger partial charge on any atom is 0.411 e. The normalized spacial score (nSPS) is 11.5. The molecular formula is C21H23N3O4. The minimum atomic E-state index is -0.600. The van der Waals surface area contributed by atoms with Gasteiger partial charge in [-0.1, -0.05) is 18.2 Å². The molecule has 1 atom stereocenters. The van der Waals surface area contributed by atoms with Gasteiger partial charge in [-0.15, -0.1) is 0 Å². The highest BCUT2D eigenvalue weighted by Gasteiger charge is 2.17. The maximum atomic E-state index is 11.8. The number of ether oxygens (including phenoxy) is 3. The van der Waals surface area contributed by atoms with Crippen LogP contribution in [0.4, 0.5) is 16.2 Å². The second-order valence-corrected chi connectivity index (χ2v) is 5.77. The number of carbonyl (C=O) groups is 1. The number of benzene rings is 2. The summed E-state index contributed by atoms with van der Waals surface area (Å²) < 4.78 is 15.7. The lowest BCUT2D eigenvalue weighted by molar-refractivity contribution is 0.167. The molecule has 0 spiro atoms. The topological polar surface area (TPSA) is 92.9 Å². The first-order valence-corrected chi connectivity index (χ1v) is 8.78. The van der Waals surface area contributed by atoms with Crippen molar-refractivity contribution in [3.63, 3.8) is 0 Å². The highest BCUT2D eigenvalue weighted by Crippen LogP contribution is 2.36. The summed E-state index contributed by atoms with van der Waals surface area (Å²) in [4.78, 5) is 16.1. The Morgan fingerprint density at radius 2 is 1.86 bits per heavy atom. The summed E-state index contributed by atoms with van der Waals surface area (Å²) in [7, 11) is 2.99. The Hall–Kier alpha value is -3.53. The molecule has 0 fully saturated rings. The molecule has 0 aliphatic heterocycles. The molecule has 0 saturated heterocycles. The van der Waals surface area contributed by atoms with E-state index in [1.807, 2.05) is 30.3 Å². The molecule has 2 rings (SSSR count). The van der Waals surface area contributed by atoms with E-state index in [9.17, 15) is 10.1 Å². The Bertz CT molecular complexity index is 835. The quantitative estimate of drug-likeness (QED) is 0.686. The highest BCUT2D eigenvalue weighted by molar-refractivity contribution is 5.89. The molecule has 7 nitrogen and oxygen atoms in total. The molecule has 0 saturated carbocycles. The number of amides is 1. The second kappa shape index (κ2) is 10.6. The van der Waals surface area contributed by atoms with Crippen molar-refractivity contribution in [2.75, 3.05) is 26.1 Å². The third-order valence-corrected chi connectivity index (χ3v) is 3.85. The van der Waals surface area contributed by atoms with Crippen LogP contribution in [-0.4, -0.2) is 33.1 Å². The molecule has 0 bridgehead atoms. The fourth-order valence-electron chi connectivity index (χ4n) is 2.55. The predicted octanol–water partition coefficient (Wildman–Crippen LogP) is 4.36. The Kier molecular flexibility index (Phi) is 7.85. The van der Waals surface area contributed by atoms with E-state index in [1.165, 1.54) is 14.2 Å². The molecule has 2 aromatic rings. The Labute approximate surface area is 164 Å². The zero-order valence-corrected chi connectivity index (χ0v) is 16.1. The van der Waals surface area contributed by atoms with Crippen LogP contribution in [0.5, 0.6) is 11.5 Å². The number of hydrogen-bond acceptors (Lipinski definition) is 6. The van der Waals surface area contributed by atoms with Gasteiger partial charge in [0.15, 0.2) is 0 Å². The highest BCUT2D eigenvalue weighted by atomic mass is 16.5. The second-order valence-electron chi connectivity index (χ2n) is 5.77. The van der Waals surface area contributed by atoms with Crippen molar-refractivity contribution in [2.45, 2.75) is 13.3 Å². The maximum absolute atomic E-state index is 11.8. The van der Waals surface area contributed by atoms with E-state index >= 15 is 0 Å². The van der Waals surface area contributed by atoms with Crippen molar-refractivity contribution in [2.24, 2.45) is 10.9 Å². The number of carbonyl (C=O) groups excluding carboxylic acids is 1. The van der Waals surface area contributed by atoms with Crippen molar-refractivity contribution >= 4 is 23.7 Å². The van der Waals surface area contributed by atoms with E-state index in [1.54, 1.807) is 25.3 Å². The van der Waals surface area contributed by atoms with Gasteiger partial charge in [0.1, 0.15) is 17.2 Å². The van der Waals surface area contributed by atoms with Crippen LogP contribution < -0.4 is 14.8 Å². The van der Waals surface area contributed by atoms with Gasteiger partial charge in [0.2, 0.25) is 0 Å². The molecule has 0 radical (unpaired) electrons. The number of methoxy groups -OCH3 is 2. The van der Waals surface area contributed by atoms with Crippen LogP contribution in [0.3, 0.4) is 0 Å². The fraction of sp³-hybridized carbons (Fsp3) is 0.286. The van der Waals surface area contributed by atoms with Gasteiger partial charge in [0.05, 0.1) is 38.5 Å². The van der Waals surface area contributed by atoms with Gasteiger partial charge in [-0.3, -0.25) is 10.3 Å². The van der Waals surface area contributed by atoms with Crippen molar-refractivity contribution in [3.05, 3.63) is 48.0 Å². The third-order valence-electron chi connectivity index (χ3n) is 3.85. The predicted molar refractivity (Wildman–Crippen MR) is 108 cm³/mol. The number of nitrogens with one attached hydrogen (secondary N) is 1. The number of nitriles is 1. The van der Waals surface area contributed by atoms with E-state index in [2.05, 4.69) is 16.4 Å². The van der Waals surface area contributed by atoms with Gasteiger partial charge < -0.3 is 14.2 Å². The minimum absolute atomic E-state index is 0.249. The van der Waals surface area contributed by atoms with Crippen LogP contribution in [0.2, 0.25) is 0 Å². The first kappa shape index (κ1) is 20.8. The standard InChI is InChI=1S/C21H23N3O4/c1-4-28-21(25)24-20-18(26-2)11-15(12-19(20)27-3)10-16(13-22)14-23-17-8-6-5-7-9-17/h5-9,11-12,14,16H,4,10H2,1-3H3,(H,24,25). The van der Waals surface area contributed by atoms with Gasteiger partial charge in [-0.05, 0) is 43.2 Å².